The van der Waals surface area contributed by atoms with Crippen LogP contribution in [0.3, 0.4) is 0 Å². The van der Waals surface area contributed by atoms with Crippen molar-refractivity contribution in [3.8, 4) is 0 Å². The Labute approximate surface area is 100 Å². The van der Waals surface area contributed by atoms with E-state index in [1.54, 1.807) is 0 Å². The zero-order valence-electron chi connectivity index (χ0n) is 9.87. The van der Waals surface area contributed by atoms with Crippen LogP contribution in [0.1, 0.15) is 27.7 Å². The Morgan fingerprint density at radius 2 is 2.00 bits per heavy atom. The van der Waals surface area contributed by atoms with Gasteiger partial charge in [-0.15, -0.1) is 0 Å². The second kappa shape index (κ2) is 5.13. The van der Waals surface area contributed by atoms with Gasteiger partial charge in [-0.1, -0.05) is 29.8 Å². The molecule has 1 fully saturated rings. The monoisotopic (exact) mass is 280 g/mol. The van der Waals surface area contributed by atoms with Crippen LogP contribution >= 0.6 is 15.9 Å². The third-order valence-electron chi connectivity index (χ3n) is 2.96. The van der Waals surface area contributed by atoms with Gasteiger partial charge >= 0.3 is 0 Å². The highest BCUT2D eigenvalue weighted by molar-refractivity contribution is 9.09. The van der Waals surface area contributed by atoms with Gasteiger partial charge < -0.3 is 14.6 Å². The fourth-order valence-corrected chi connectivity index (χ4v) is 2.78. The first-order valence-corrected chi connectivity index (χ1v) is 6.56. The van der Waals surface area contributed by atoms with Crippen LogP contribution in [0.25, 0.3) is 0 Å². The minimum atomic E-state index is -0.557. The molecule has 0 aromatic carbocycles. The molecule has 1 rings (SSSR count). The highest BCUT2D eigenvalue weighted by Gasteiger charge is 2.42. The first kappa shape index (κ1) is 13.4. The Hall–Kier alpha value is 0.360. The molecule has 0 aromatic rings. The van der Waals surface area contributed by atoms with Crippen LogP contribution in [0.2, 0.25) is 0 Å². The van der Waals surface area contributed by atoms with Crippen molar-refractivity contribution in [3.05, 3.63) is 0 Å². The van der Waals surface area contributed by atoms with E-state index in [1.165, 1.54) is 0 Å². The van der Waals surface area contributed by atoms with Crippen molar-refractivity contribution >= 4 is 15.9 Å². The number of rotatable bonds is 3. The maximum Gasteiger partial charge on any atom is 0.163 e. The molecule has 0 spiro atoms. The third-order valence-corrected chi connectivity index (χ3v) is 3.60. The van der Waals surface area contributed by atoms with Crippen LogP contribution in [-0.2, 0) is 9.47 Å². The van der Waals surface area contributed by atoms with Gasteiger partial charge in [0, 0.05) is 23.8 Å². The minimum Gasteiger partial charge on any atom is -0.396 e. The summed E-state index contributed by atoms with van der Waals surface area (Å²) in [5.41, 5.74) is 0. The number of halogens is 1. The van der Waals surface area contributed by atoms with Gasteiger partial charge in [-0.25, -0.2) is 0 Å². The lowest BCUT2D eigenvalue weighted by Gasteiger charge is -2.46. The first-order valence-electron chi connectivity index (χ1n) is 5.43. The lowest BCUT2D eigenvalue weighted by atomic mass is 9.88. The average Bonchev–Trinajstić information content (AvgIpc) is 2.19. The zero-order valence-corrected chi connectivity index (χ0v) is 11.5. The molecule has 1 aliphatic heterocycles. The lowest BCUT2D eigenvalue weighted by Crippen LogP contribution is -2.53. The highest BCUT2D eigenvalue weighted by atomic mass is 79.9. The van der Waals surface area contributed by atoms with Crippen LogP contribution in [0.15, 0.2) is 0 Å². The molecule has 3 nitrogen and oxygen atoms in total. The Morgan fingerprint density at radius 1 is 1.40 bits per heavy atom. The number of ether oxygens (including phenoxy) is 2. The molecule has 1 aliphatic rings. The third kappa shape index (κ3) is 3.16. The van der Waals surface area contributed by atoms with Crippen molar-refractivity contribution in [2.24, 2.45) is 11.8 Å². The van der Waals surface area contributed by atoms with Crippen molar-refractivity contribution in [2.75, 3.05) is 11.9 Å². The maximum atomic E-state index is 9.20. The normalized spacial score (nSPS) is 37.6. The van der Waals surface area contributed by atoms with Crippen molar-refractivity contribution in [1.82, 2.24) is 0 Å². The molecule has 1 saturated heterocycles. The number of aliphatic hydroxyl groups is 1. The SMILES string of the molecule is C[C@@H]1[C@@H]([C@H](C)CO)OC(C)(C)O[C@H]1CBr. The van der Waals surface area contributed by atoms with Crippen molar-refractivity contribution < 1.29 is 14.6 Å². The Morgan fingerprint density at radius 3 is 2.47 bits per heavy atom. The van der Waals surface area contributed by atoms with Gasteiger partial charge in [-0.3, -0.25) is 0 Å². The van der Waals surface area contributed by atoms with E-state index >= 15 is 0 Å². The van der Waals surface area contributed by atoms with Crippen LogP contribution in [0.4, 0.5) is 0 Å². The molecule has 4 atom stereocenters. The number of hydrogen-bond donors (Lipinski definition) is 1. The average molecular weight is 281 g/mol. The molecule has 15 heavy (non-hydrogen) atoms. The summed E-state index contributed by atoms with van der Waals surface area (Å²) >= 11 is 3.46. The van der Waals surface area contributed by atoms with E-state index in [2.05, 4.69) is 22.9 Å². The van der Waals surface area contributed by atoms with E-state index in [-0.39, 0.29) is 24.7 Å². The largest absolute Gasteiger partial charge is 0.396 e. The molecule has 0 bridgehead atoms. The fourth-order valence-electron chi connectivity index (χ4n) is 2.06. The van der Waals surface area contributed by atoms with E-state index in [0.717, 1.165) is 5.33 Å². The lowest BCUT2D eigenvalue weighted by molar-refractivity contribution is -0.323. The van der Waals surface area contributed by atoms with Crippen LogP contribution in [0, 0.1) is 11.8 Å². The molecule has 0 aromatic heterocycles. The summed E-state index contributed by atoms with van der Waals surface area (Å²) in [7, 11) is 0. The second-order valence-electron chi connectivity index (χ2n) is 4.81. The number of aliphatic hydroxyl groups excluding tert-OH is 1. The van der Waals surface area contributed by atoms with Gasteiger partial charge in [-0.2, -0.15) is 0 Å². The molecule has 4 heteroatoms. The first-order chi connectivity index (χ1) is 6.91. The molecular formula is C11H21BrO3. The smallest absolute Gasteiger partial charge is 0.163 e. The number of hydrogen-bond acceptors (Lipinski definition) is 3. The Kier molecular flexibility index (Phi) is 4.59. The summed E-state index contributed by atoms with van der Waals surface area (Å²) in [5, 5.41) is 10.0. The predicted octanol–water partition coefficient (Wildman–Crippen LogP) is 2.17. The van der Waals surface area contributed by atoms with Crippen LogP contribution in [0.5, 0.6) is 0 Å². The summed E-state index contributed by atoms with van der Waals surface area (Å²) < 4.78 is 11.7. The fraction of sp³-hybridized carbons (Fsp3) is 1.00. The van der Waals surface area contributed by atoms with E-state index in [9.17, 15) is 5.11 Å². The van der Waals surface area contributed by atoms with Gasteiger partial charge in [0.05, 0.1) is 12.2 Å². The standard InChI is InChI=1S/C11H21BrO3/c1-7(6-13)10-8(2)9(5-12)14-11(3,4)15-10/h7-10,13H,5-6H2,1-4H3/t7-,8+,9+,10-/m1/s1. The molecule has 0 radical (unpaired) electrons. The molecule has 1 heterocycles. The van der Waals surface area contributed by atoms with E-state index in [0.29, 0.717) is 5.92 Å². The summed E-state index contributed by atoms with van der Waals surface area (Å²) in [5.74, 6) is -0.122. The zero-order chi connectivity index (χ0) is 11.6. The Bertz CT molecular complexity index is 208. The van der Waals surface area contributed by atoms with Gasteiger partial charge in [0.15, 0.2) is 5.79 Å². The van der Waals surface area contributed by atoms with Gasteiger partial charge in [0.2, 0.25) is 0 Å². The Balaban J connectivity index is 2.77. The highest BCUT2D eigenvalue weighted by Crippen LogP contribution is 2.34. The molecular weight excluding hydrogens is 260 g/mol. The van der Waals surface area contributed by atoms with E-state index in [4.69, 9.17) is 9.47 Å². The summed E-state index contributed by atoms with van der Waals surface area (Å²) in [4.78, 5) is 0. The number of alkyl halides is 1. The summed E-state index contributed by atoms with van der Waals surface area (Å²) in [6, 6.07) is 0. The summed E-state index contributed by atoms with van der Waals surface area (Å²) in [6.45, 7) is 8.11. The molecule has 0 unspecified atom stereocenters. The van der Waals surface area contributed by atoms with E-state index < -0.39 is 5.79 Å². The van der Waals surface area contributed by atoms with Gasteiger partial charge in [-0.05, 0) is 13.8 Å². The predicted molar refractivity (Wildman–Crippen MR) is 63.0 cm³/mol. The quantitative estimate of drug-likeness (QED) is 0.806. The topological polar surface area (TPSA) is 38.7 Å². The molecule has 0 aliphatic carbocycles. The molecule has 0 saturated carbocycles. The van der Waals surface area contributed by atoms with Crippen molar-refractivity contribution in [2.45, 2.75) is 45.7 Å². The van der Waals surface area contributed by atoms with Crippen LogP contribution < -0.4 is 0 Å². The van der Waals surface area contributed by atoms with E-state index in [1.807, 2.05) is 20.8 Å². The molecule has 0 amide bonds. The van der Waals surface area contributed by atoms with Crippen molar-refractivity contribution in [1.29, 1.82) is 0 Å². The van der Waals surface area contributed by atoms with Crippen LogP contribution in [-0.4, -0.2) is 35.0 Å². The maximum absolute atomic E-state index is 9.20. The molecule has 90 valence electrons. The van der Waals surface area contributed by atoms with Crippen molar-refractivity contribution in [3.63, 3.8) is 0 Å². The van der Waals surface area contributed by atoms with Gasteiger partial charge in [0.1, 0.15) is 0 Å². The minimum absolute atomic E-state index is 0.0568. The molecule has 1 N–H and O–H groups in total. The second-order valence-corrected chi connectivity index (χ2v) is 5.46. The van der Waals surface area contributed by atoms with Gasteiger partial charge in [0.25, 0.3) is 0 Å². The summed E-state index contributed by atoms with van der Waals surface area (Å²) in [6.07, 6.45) is 0.203.